The monoisotopic (exact) mass is 341 g/mol. The van der Waals surface area contributed by atoms with Gasteiger partial charge in [-0.05, 0) is 25.0 Å². The van der Waals surface area contributed by atoms with E-state index in [1.165, 1.54) is 25.0 Å². The summed E-state index contributed by atoms with van der Waals surface area (Å²) in [7, 11) is -0.645. The van der Waals surface area contributed by atoms with E-state index in [0.717, 1.165) is 17.1 Å². The SMILES string of the molecule is CN(C)S(=O)(=O)NCCn1nc(-c2ccco2)n(C2CC2)c1=O. The molecular formula is C13H19N5O4S. The van der Waals surface area contributed by atoms with Crippen LogP contribution < -0.4 is 10.4 Å². The largest absolute Gasteiger partial charge is 0.461 e. The highest BCUT2D eigenvalue weighted by molar-refractivity contribution is 7.87. The van der Waals surface area contributed by atoms with Crippen LogP contribution in [0.4, 0.5) is 0 Å². The number of nitrogens with one attached hydrogen (secondary N) is 1. The van der Waals surface area contributed by atoms with Crippen molar-refractivity contribution >= 4 is 10.2 Å². The molecule has 0 atom stereocenters. The maximum atomic E-state index is 12.5. The molecular weight excluding hydrogens is 322 g/mol. The highest BCUT2D eigenvalue weighted by atomic mass is 32.2. The number of furan rings is 1. The van der Waals surface area contributed by atoms with E-state index in [1.807, 2.05) is 0 Å². The van der Waals surface area contributed by atoms with Gasteiger partial charge < -0.3 is 4.42 Å². The summed E-state index contributed by atoms with van der Waals surface area (Å²) >= 11 is 0. The lowest BCUT2D eigenvalue weighted by Gasteiger charge is -2.11. The van der Waals surface area contributed by atoms with E-state index in [1.54, 1.807) is 16.7 Å². The smallest absolute Gasteiger partial charge is 0.346 e. The predicted octanol–water partition coefficient (Wildman–Crippen LogP) is 0.0357. The Morgan fingerprint density at radius 3 is 2.74 bits per heavy atom. The third-order valence-corrected chi connectivity index (χ3v) is 5.14. The number of hydrogen-bond acceptors (Lipinski definition) is 5. The van der Waals surface area contributed by atoms with E-state index in [9.17, 15) is 13.2 Å². The Hall–Kier alpha value is -1.91. The van der Waals surface area contributed by atoms with Crippen molar-refractivity contribution in [1.82, 2.24) is 23.4 Å². The number of rotatable bonds is 7. The van der Waals surface area contributed by atoms with E-state index in [2.05, 4.69) is 9.82 Å². The number of aromatic nitrogens is 3. The van der Waals surface area contributed by atoms with Gasteiger partial charge in [0.1, 0.15) is 0 Å². The van der Waals surface area contributed by atoms with Gasteiger partial charge in [0.05, 0.1) is 12.8 Å². The van der Waals surface area contributed by atoms with Crippen molar-refractivity contribution < 1.29 is 12.8 Å². The Morgan fingerprint density at radius 2 is 2.17 bits per heavy atom. The Bertz CT molecular complexity index is 830. The Morgan fingerprint density at radius 1 is 1.43 bits per heavy atom. The fourth-order valence-corrected chi connectivity index (χ4v) is 2.82. The molecule has 0 aliphatic heterocycles. The van der Waals surface area contributed by atoms with Crippen LogP contribution in [0.1, 0.15) is 18.9 Å². The zero-order valence-electron chi connectivity index (χ0n) is 13.0. The average Bonchev–Trinajstić information content (AvgIpc) is 3.06. The highest BCUT2D eigenvalue weighted by Crippen LogP contribution is 2.36. The van der Waals surface area contributed by atoms with Gasteiger partial charge in [0.25, 0.3) is 10.2 Å². The van der Waals surface area contributed by atoms with E-state index >= 15 is 0 Å². The summed E-state index contributed by atoms with van der Waals surface area (Å²) in [6.45, 7) is 0.235. The Balaban J connectivity index is 1.81. The summed E-state index contributed by atoms with van der Waals surface area (Å²) in [5, 5.41) is 4.30. The Labute approximate surface area is 133 Å². The maximum absolute atomic E-state index is 12.5. The maximum Gasteiger partial charge on any atom is 0.346 e. The minimum absolute atomic E-state index is 0.0830. The first-order chi connectivity index (χ1) is 10.9. The summed E-state index contributed by atoms with van der Waals surface area (Å²) < 4.78 is 35.1. The standard InChI is InChI=1S/C13H19N5O4S/c1-16(2)23(20,21)14-7-8-17-13(19)18(10-5-6-10)12(15-17)11-4-3-9-22-11/h3-4,9-10,14H,5-8H2,1-2H3. The normalized spacial score (nSPS) is 15.4. The first-order valence-corrected chi connectivity index (χ1v) is 8.74. The van der Waals surface area contributed by atoms with Gasteiger partial charge in [-0.1, -0.05) is 0 Å². The van der Waals surface area contributed by atoms with Crippen LogP contribution in [-0.4, -0.2) is 47.7 Å². The number of hydrogen-bond donors (Lipinski definition) is 1. The summed E-state index contributed by atoms with van der Waals surface area (Å²) in [4.78, 5) is 12.5. The van der Waals surface area contributed by atoms with Crippen LogP contribution in [-0.2, 0) is 16.8 Å². The molecule has 1 saturated carbocycles. The molecule has 1 fully saturated rings. The molecule has 2 aromatic heterocycles. The lowest BCUT2D eigenvalue weighted by atomic mass is 10.4. The van der Waals surface area contributed by atoms with E-state index in [0.29, 0.717) is 11.6 Å². The molecule has 0 saturated heterocycles. The molecule has 10 heteroatoms. The van der Waals surface area contributed by atoms with Crippen molar-refractivity contribution in [3.63, 3.8) is 0 Å². The molecule has 2 heterocycles. The van der Waals surface area contributed by atoms with E-state index in [4.69, 9.17) is 4.42 Å². The number of nitrogens with zero attached hydrogens (tertiary/aromatic N) is 4. The average molecular weight is 341 g/mol. The van der Waals surface area contributed by atoms with Crippen molar-refractivity contribution in [2.24, 2.45) is 0 Å². The Kier molecular flexibility index (Phi) is 4.13. The van der Waals surface area contributed by atoms with Gasteiger partial charge in [0, 0.05) is 26.7 Å². The van der Waals surface area contributed by atoms with Gasteiger partial charge in [0.15, 0.2) is 5.76 Å². The summed E-state index contributed by atoms with van der Waals surface area (Å²) in [5.74, 6) is 1.01. The van der Waals surface area contributed by atoms with Crippen molar-refractivity contribution in [3.8, 4) is 11.6 Å². The quantitative estimate of drug-likeness (QED) is 0.766. The molecule has 1 N–H and O–H groups in total. The second kappa shape index (κ2) is 5.95. The van der Waals surface area contributed by atoms with Crippen molar-refractivity contribution in [2.45, 2.75) is 25.4 Å². The highest BCUT2D eigenvalue weighted by Gasteiger charge is 2.31. The molecule has 3 rings (SSSR count). The molecule has 1 aliphatic carbocycles. The van der Waals surface area contributed by atoms with Crippen LogP contribution in [0.2, 0.25) is 0 Å². The van der Waals surface area contributed by atoms with Crippen molar-refractivity contribution in [1.29, 1.82) is 0 Å². The van der Waals surface area contributed by atoms with Crippen molar-refractivity contribution in [3.05, 3.63) is 28.9 Å². The van der Waals surface area contributed by atoms with Gasteiger partial charge in [0.2, 0.25) is 5.82 Å². The van der Waals surface area contributed by atoms with Gasteiger partial charge in [-0.25, -0.2) is 14.2 Å². The molecule has 23 heavy (non-hydrogen) atoms. The lowest BCUT2D eigenvalue weighted by Crippen LogP contribution is -2.38. The molecule has 0 bridgehead atoms. The minimum Gasteiger partial charge on any atom is -0.461 e. The third-order valence-electron chi connectivity index (χ3n) is 3.61. The molecule has 126 valence electrons. The summed E-state index contributed by atoms with van der Waals surface area (Å²) in [6, 6.07) is 3.64. The molecule has 0 amide bonds. The second-order valence-corrected chi connectivity index (χ2v) is 7.56. The molecule has 1 aliphatic rings. The molecule has 2 aromatic rings. The zero-order valence-corrected chi connectivity index (χ0v) is 13.8. The lowest BCUT2D eigenvalue weighted by molar-refractivity contribution is 0.494. The molecule has 9 nitrogen and oxygen atoms in total. The second-order valence-electron chi connectivity index (χ2n) is 5.59. The fourth-order valence-electron chi connectivity index (χ4n) is 2.21. The van der Waals surface area contributed by atoms with Crippen LogP contribution in [0.25, 0.3) is 11.6 Å². The molecule has 0 radical (unpaired) electrons. The first-order valence-electron chi connectivity index (χ1n) is 7.30. The van der Waals surface area contributed by atoms with Crippen molar-refractivity contribution in [2.75, 3.05) is 20.6 Å². The van der Waals surface area contributed by atoms with Gasteiger partial charge in [-0.15, -0.1) is 5.10 Å². The zero-order chi connectivity index (χ0) is 16.6. The minimum atomic E-state index is -3.52. The van der Waals surface area contributed by atoms with Crippen LogP contribution >= 0.6 is 0 Å². The fraction of sp³-hybridized carbons (Fsp3) is 0.538. The van der Waals surface area contributed by atoms with Gasteiger partial charge in [-0.2, -0.15) is 12.7 Å². The van der Waals surface area contributed by atoms with E-state index in [-0.39, 0.29) is 24.8 Å². The summed E-state index contributed by atoms with van der Waals surface area (Å²) in [5.41, 5.74) is -0.247. The topological polar surface area (TPSA) is 102 Å². The van der Waals surface area contributed by atoms with Crippen LogP contribution in [0, 0.1) is 0 Å². The molecule has 0 aromatic carbocycles. The van der Waals surface area contributed by atoms with E-state index < -0.39 is 10.2 Å². The summed E-state index contributed by atoms with van der Waals surface area (Å²) in [6.07, 6.45) is 3.40. The van der Waals surface area contributed by atoms with Crippen LogP contribution in [0.15, 0.2) is 27.6 Å². The van der Waals surface area contributed by atoms with Crippen LogP contribution in [0.5, 0.6) is 0 Å². The van der Waals surface area contributed by atoms with Crippen LogP contribution in [0.3, 0.4) is 0 Å². The molecule has 0 unspecified atom stereocenters. The third kappa shape index (κ3) is 3.23. The first kappa shape index (κ1) is 16.0. The predicted molar refractivity (Wildman–Crippen MR) is 83.1 cm³/mol. The molecule has 0 spiro atoms. The van der Waals surface area contributed by atoms with Gasteiger partial charge in [-0.3, -0.25) is 4.57 Å². The van der Waals surface area contributed by atoms with Gasteiger partial charge >= 0.3 is 5.69 Å².